The fraction of sp³-hybridized carbons (Fsp3) is 0.278. The van der Waals surface area contributed by atoms with E-state index in [4.69, 9.17) is 12.2 Å². The van der Waals surface area contributed by atoms with E-state index in [1.54, 1.807) is 0 Å². The van der Waals surface area contributed by atoms with Crippen LogP contribution in [0.3, 0.4) is 0 Å². The number of hydrogen-bond donors (Lipinski definition) is 2. The monoisotopic (exact) mass is 312 g/mol. The highest BCUT2D eigenvalue weighted by Gasteiger charge is 2.25. The number of hydrogen-bond acceptors (Lipinski definition) is 1. The molecule has 0 aromatic heterocycles. The van der Waals surface area contributed by atoms with E-state index >= 15 is 0 Å². The third-order valence-electron chi connectivity index (χ3n) is 4.28. The van der Waals surface area contributed by atoms with Crippen molar-refractivity contribution in [3.63, 3.8) is 0 Å². The van der Waals surface area contributed by atoms with Crippen LogP contribution in [0, 0.1) is 13.8 Å². The van der Waals surface area contributed by atoms with Crippen molar-refractivity contribution in [2.75, 3.05) is 18.2 Å². The van der Waals surface area contributed by atoms with Crippen molar-refractivity contribution in [2.24, 2.45) is 0 Å². The van der Waals surface area contributed by atoms with Gasteiger partial charge >= 0.3 is 0 Å². The number of benzene rings is 2. The van der Waals surface area contributed by atoms with Gasteiger partial charge in [-0.2, -0.15) is 0 Å². The van der Waals surface area contributed by atoms with Crippen LogP contribution in [-0.2, 0) is 6.54 Å². The molecule has 0 aliphatic carbocycles. The lowest BCUT2D eigenvalue weighted by Gasteiger charge is -2.36. The second-order valence-electron chi connectivity index (χ2n) is 5.88. The van der Waals surface area contributed by atoms with E-state index in [0.29, 0.717) is 0 Å². The van der Waals surface area contributed by atoms with Crippen LogP contribution >= 0.6 is 12.2 Å². The molecular weight excluding hydrogens is 290 g/mol. The standard InChI is InChI=1S/C18H21N3S/c1-14-7-6-10-17(15(14)2)21-13-20(12-19-18(21)22)11-16-8-4-3-5-9-16/h3-10H,11-13H2,1-2H3,(H,19,22)/p+1. The van der Waals surface area contributed by atoms with Crippen LogP contribution < -0.4 is 15.1 Å². The van der Waals surface area contributed by atoms with Crippen molar-refractivity contribution < 1.29 is 4.90 Å². The molecule has 1 aliphatic heterocycles. The zero-order chi connectivity index (χ0) is 15.5. The van der Waals surface area contributed by atoms with E-state index in [9.17, 15) is 0 Å². The minimum atomic E-state index is 0.825. The van der Waals surface area contributed by atoms with E-state index < -0.39 is 0 Å². The molecule has 0 radical (unpaired) electrons. The maximum absolute atomic E-state index is 5.53. The quantitative estimate of drug-likeness (QED) is 0.846. The number of aryl methyl sites for hydroxylation is 1. The number of anilines is 1. The normalized spacial score (nSPS) is 18.2. The van der Waals surface area contributed by atoms with Gasteiger partial charge in [-0.15, -0.1) is 0 Å². The van der Waals surface area contributed by atoms with E-state index in [2.05, 4.69) is 72.6 Å². The molecule has 0 spiro atoms. The van der Waals surface area contributed by atoms with Gasteiger partial charge in [0.15, 0.2) is 18.4 Å². The van der Waals surface area contributed by atoms with Gasteiger partial charge < -0.3 is 5.32 Å². The van der Waals surface area contributed by atoms with Crippen LogP contribution in [0.15, 0.2) is 48.5 Å². The minimum absolute atomic E-state index is 0.825. The Morgan fingerprint density at radius 1 is 1.09 bits per heavy atom. The van der Waals surface area contributed by atoms with Crippen LogP contribution in [0.2, 0.25) is 0 Å². The summed E-state index contributed by atoms with van der Waals surface area (Å²) in [5, 5.41) is 4.19. The van der Waals surface area contributed by atoms with Crippen LogP contribution in [-0.4, -0.2) is 18.4 Å². The van der Waals surface area contributed by atoms with E-state index in [1.165, 1.54) is 27.3 Å². The van der Waals surface area contributed by atoms with Crippen LogP contribution in [0.1, 0.15) is 16.7 Å². The highest BCUT2D eigenvalue weighted by Crippen LogP contribution is 2.22. The molecule has 1 aliphatic rings. The molecule has 4 heteroatoms. The van der Waals surface area contributed by atoms with Gasteiger partial charge in [0.05, 0.1) is 5.69 Å². The summed E-state index contributed by atoms with van der Waals surface area (Å²) in [6, 6.07) is 17.0. The molecule has 0 saturated carbocycles. The Bertz CT molecular complexity index is 669. The Labute approximate surface area is 137 Å². The van der Waals surface area contributed by atoms with E-state index in [0.717, 1.165) is 25.0 Å². The largest absolute Gasteiger partial charge is 0.315 e. The van der Waals surface area contributed by atoms with Gasteiger partial charge in [0.25, 0.3) is 0 Å². The molecular formula is C18H22N3S+. The molecule has 2 aromatic rings. The average molecular weight is 312 g/mol. The SMILES string of the molecule is Cc1cccc(N2C[NH+](Cc3ccccc3)CNC2=S)c1C. The van der Waals surface area contributed by atoms with Crippen molar-refractivity contribution in [1.82, 2.24) is 5.32 Å². The summed E-state index contributed by atoms with van der Waals surface area (Å²) in [6.45, 7) is 7.07. The Kier molecular flexibility index (Phi) is 4.41. The Morgan fingerprint density at radius 2 is 1.86 bits per heavy atom. The molecule has 0 amide bonds. The number of nitrogens with zero attached hydrogens (tertiary/aromatic N) is 1. The van der Waals surface area contributed by atoms with E-state index in [-0.39, 0.29) is 0 Å². The third kappa shape index (κ3) is 3.13. The molecule has 114 valence electrons. The van der Waals surface area contributed by atoms with Crippen LogP contribution in [0.4, 0.5) is 5.69 Å². The van der Waals surface area contributed by atoms with Gasteiger partial charge in [0, 0.05) is 5.56 Å². The first-order chi connectivity index (χ1) is 10.6. The fourth-order valence-electron chi connectivity index (χ4n) is 2.87. The molecule has 0 bridgehead atoms. The number of quaternary nitrogens is 1. The summed E-state index contributed by atoms with van der Waals surface area (Å²) in [6.07, 6.45) is 0. The summed E-state index contributed by atoms with van der Waals surface area (Å²) in [4.78, 5) is 3.68. The predicted molar refractivity (Wildman–Crippen MR) is 95.0 cm³/mol. The zero-order valence-electron chi connectivity index (χ0n) is 13.1. The number of nitrogens with one attached hydrogen (secondary N) is 2. The fourth-order valence-corrected chi connectivity index (χ4v) is 3.11. The Morgan fingerprint density at radius 3 is 2.64 bits per heavy atom. The molecule has 1 atom stereocenters. The lowest BCUT2D eigenvalue weighted by atomic mass is 10.1. The second-order valence-corrected chi connectivity index (χ2v) is 6.26. The highest BCUT2D eigenvalue weighted by molar-refractivity contribution is 7.80. The minimum Gasteiger partial charge on any atom is -0.315 e. The Hall–Kier alpha value is -1.91. The zero-order valence-corrected chi connectivity index (χ0v) is 13.9. The van der Waals surface area contributed by atoms with Gasteiger partial charge in [-0.05, 0) is 43.3 Å². The van der Waals surface area contributed by atoms with Crippen molar-refractivity contribution in [3.8, 4) is 0 Å². The van der Waals surface area contributed by atoms with Gasteiger partial charge in [-0.25, -0.2) is 0 Å². The smallest absolute Gasteiger partial charge is 0.182 e. The molecule has 3 nitrogen and oxygen atoms in total. The molecule has 1 heterocycles. The van der Waals surface area contributed by atoms with Crippen LogP contribution in [0.5, 0.6) is 0 Å². The highest BCUT2D eigenvalue weighted by atomic mass is 32.1. The summed E-state index contributed by atoms with van der Waals surface area (Å²) in [7, 11) is 0. The van der Waals surface area contributed by atoms with Gasteiger partial charge in [0.2, 0.25) is 0 Å². The van der Waals surface area contributed by atoms with Gasteiger partial charge in [-0.3, -0.25) is 9.80 Å². The first-order valence-electron chi connectivity index (χ1n) is 7.64. The molecule has 22 heavy (non-hydrogen) atoms. The van der Waals surface area contributed by atoms with Gasteiger partial charge in [0.1, 0.15) is 6.54 Å². The number of rotatable bonds is 3. The van der Waals surface area contributed by atoms with Crippen molar-refractivity contribution in [3.05, 3.63) is 65.2 Å². The van der Waals surface area contributed by atoms with Crippen LogP contribution in [0.25, 0.3) is 0 Å². The lowest BCUT2D eigenvalue weighted by Crippen LogP contribution is -3.16. The van der Waals surface area contributed by atoms with Crippen molar-refractivity contribution in [2.45, 2.75) is 20.4 Å². The number of thiocarbonyl (C=S) groups is 1. The second kappa shape index (κ2) is 6.46. The van der Waals surface area contributed by atoms with Crippen molar-refractivity contribution in [1.29, 1.82) is 0 Å². The molecule has 1 unspecified atom stereocenters. The summed E-state index contributed by atoms with van der Waals surface area (Å²) in [5.74, 6) is 0. The van der Waals surface area contributed by atoms with E-state index in [1.807, 2.05) is 0 Å². The Balaban J connectivity index is 1.79. The third-order valence-corrected chi connectivity index (χ3v) is 4.64. The summed E-state index contributed by atoms with van der Waals surface area (Å²) in [5.41, 5.74) is 5.17. The lowest BCUT2D eigenvalue weighted by molar-refractivity contribution is -0.916. The molecule has 3 rings (SSSR count). The summed E-state index contributed by atoms with van der Waals surface area (Å²) >= 11 is 5.53. The predicted octanol–water partition coefficient (Wildman–Crippen LogP) is 2.00. The topological polar surface area (TPSA) is 19.7 Å². The molecule has 2 N–H and O–H groups in total. The maximum Gasteiger partial charge on any atom is 0.182 e. The first-order valence-corrected chi connectivity index (χ1v) is 8.05. The molecule has 1 fully saturated rings. The molecule has 1 saturated heterocycles. The maximum atomic E-state index is 5.53. The summed E-state index contributed by atoms with van der Waals surface area (Å²) < 4.78 is 0. The molecule has 2 aromatic carbocycles. The average Bonchev–Trinajstić information content (AvgIpc) is 2.53. The van der Waals surface area contributed by atoms with Gasteiger partial charge in [-0.1, -0.05) is 42.5 Å². The first kappa shape index (κ1) is 15.0. The van der Waals surface area contributed by atoms with Crippen molar-refractivity contribution >= 4 is 23.0 Å².